The maximum atomic E-state index is 9.81. The smallest absolute Gasteiger partial charge is 0.326 e. The van der Waals surface area contributed by atoms with E-state index in [4.69, 9.17) is 9.94 Å². The van der Waals surface area contributed by atoms with E-state index in [1.807, 2.05) is 0 Å². The fourth-order valence-electron chi connectivity index (χ4n) is 0.667. The maximum absolute atomic E-state index is 9.81. The first kappa shape index (κ1) is 6.73. The molecule has 1 heterocycles. The van der Waals surface area contributed by atoms with Gasteiger partial charge < -0.3 is 14.7 Å². The molecule has 1 rings (SSSR count). The molecule has 0 aromatic rings. The van der Waals surface area contributed by atoms with Crippen LogP contribution < -0.4 is 0 Å². The molecule has 1 atom stereocenters. The zero-order chi connectivity index (χ0) is 6.69. The Hall–Kier alpha value is -0.385. The van der Waals surface area contributed by atoms with Gasteiger partial charge in [0.1, 0.15) is 0 Å². The van der Waals surface area contributed by atoms with Gasteiger partial charge in [-0.3, -0.25) is 0 Å². The van der Waals surface area contributed by atoms with E-state index in [0.717, 1.165) is 0 Å². The summed E-state index contributed by atoms with van der Waals surface area (Å²) in [5.41, 5.74) is 0. The molecule has 0 aromatic heterocycles. The van der Waals surface area contributed by atoms with E-state index in [9.17, 15) is 4.79 Å². The molecule has 5 heteroatoms. The van der Waals surface area contributed by atoms with Gasteiger partial charge in [-0.2, -0.15) is 0 Å². The van der Waals surface area contributed by atoms with Gasteiger partial charge in [-0.25, -0.2) is 4.97 Å². The summed E-state index contributed by atoms with van der Waals surface area (Å²) in [7, 11) is 1.25. The Morgan fingerprint density at radius 2 is 2.67 bits per heavy atom. The third kappa shape index (κ3) is 1.78. The van der Waals surface area contributed by atoms with Crippen LogP contribution in [0.1, 0.15) is 0 Å². The SMILES string of the molecule is O=C[B]N1C[C@H](O)CO1. The quantitative estimate of drug-likeness (QED) is 0.359. The topological polar surface area (TPSA) is 49.8 Å². The second kappa shape index (κ2) is 2.96. The van der Waals surface area contributed by atoms with Crippen LogP contribution in [0.2, 0.25) is 0 Å². The highest BCUT2D eigenvalue weighted by atomic mass is 16.7. The number of rotatable bonds is 2. The molecule has 0 amide bonds. The Kier molecular flexibility index (Phi) is 2.21. The van der Waals surface area contributed by atoms with Crippen molar-refractivity contribution in [2.75, 3.05) is 13.2 Å². The van der Waals surface area contributed by atoms with Gasteiger partial charge in [0.25, 0.3) is 0 Å². The van der Waals surface area contributed by atoms with Crippen LogP contribution in [0.3, 0.4) is 0 Å². The average molecular weight is 128 g/mol. The normalized spacial score (nSPS) is 28.3. The molecule has 1 aliphatic rings. The Morgan fingerprint density at radius 1 is 1.89 bits per heavy atom. The Balaban J connectivity index is 2.21. The van der Waals surface area contributed by atoms with Crippen LogP contribution in [0.15, 0.2) is 0 Å². The molecule has 0 bridgehead atoms. The predicted octanol–water partition coefficient (Wildman–Crippen LogP) is -1.60. The van der Waals surface area contributed by atoms with Crippen molar-refractivity contribution in [1.29, 1.82) is 0 Å². The standard InChI is InChI=1S/C4H7BNO3/c7-3-5-6-1-4(8)2-9-6/h3-4,8H,1-2H2/t4-/m0/s1. The molecule has 0 aromatic carbocycles. The fourth-order valence-corrected chi connectivity index (χ4v) is 0.667. The average Bonchev–Trinajstić information content (AvgIpc) is 2.17. The van der Waals surface area contributed by atoms with Crippen LogP contribution in [0, 0.1) is 0 Å². The molecule has 0 spiro atoms. The highest BCUT2D eigenvalue weighted by Gasteiger charge is 2.20. The number of hydroxylamine groups is 1. The van der Waals surface area contributed by atoms with Crippen molar-refractivity contribution in [2.45, 2.75) is 6.10 Å². The van der Waals surface area contributed by atoms with Crippen molar-refractivity contribution < 1.29 is 14.7 Å². The molecular formula is C4H7BNO3. The summed E-state index contributed by atoms with van der Waals surface area (Å²) in [5.74, 6) is 0. The highest BCUT2D eigenvalue weighted by molar-refractivity contribution is 6.63. The van der Waals surface area contributed by atoms with Gasteiger partial charge in [-0.15, -0.1) is 0 Å². The number of aliphatic hydroxyl groups excluding tert-OH is 1. The Labute approximate surface area is 53.6 Å². The number of nitrogens with zero attached hydrogens (tertiary/aromatic N) is 1. The Bertz CT molecular complexity index is 110. The third-order valence-corrected chi connectivity index (χ3v) is 1.05. The monoisotopic (exact) mass is 128 g/mol. The number of hydrogen-bond donors (Lipinski definition) is 1. The lowest BCUT2D eigenvalue weighted by atomic mass is 9.98. The zero-order valence-electron chi connectivity index (χ0n) is 4.86. The number of aliphatic hydroxyl groups is 1. The van der Waals surface area contributed by atoms with Crippen molar-refractivity contribution in [2.24, 2.45) is 0 Å². The minimum Gasteiger partial charge on any atom is -0.389 e. The van der Waals surface area contributed by atoms with Crippen LogP contribution in [0.5, 0.6) is 0 Å². The van der Waals surface area contributed by atoms with Gasteiger partial charge in [-0.05, 0) is 0 Å². The number of hydrogen-bond acceptors (Lipinski definition) is 4. The minimum atomic E-state index is -0.457. The van der Waals surface area contributed by atoms with Crippen LogP contribution >= 0.6 is 0 Å². The first-order valence-corrected chi connectivity index (χ1v) is 2.69. The summed E-state index contributed by atoms with van der Waals surface area (Å²) < 4.78 is 0. The molecular weight excluding hydrogens is 121 g/mol. The molecule has 1 saturated heterocycles. The first-order valence-electron chi connectivity index (χ1n) is 2.69. The van der Waals surface area contributed by atoms with Gasteiger partial charge in [0, 0.05) is 6.54 Å². The number of carbonyl (C=O) groups excluding carboxylic acids is 1. The van der Waals surface area contributed by atoms with Crippen molar-refractivity contribution in [1.82, 2.24) is 4.97 Å². The maximum Gasteiger partial charge on any atom is 0.326 e. The van der Waals surface area contributed by atoms with Gasteiger partial charge in [-0.1, -0.05) is 0 Å². The highest BCUT2D eigenvalue weighted by Crippen LogP contribution is 2.01. The van der Waals surface area contributed by atoms with Gasteiger partial charge in [0.15, 0.2) is 0 Å². The van der Waals surface area contributed by atoms with E-state index < -0.39 is 6.10 Å². The third-order valence-electron chi connectivity index (χ3n) is 1.05. The predicted molar refractivity (Wildman–Crippen MR) is 31.2 cm³/mol. The summed E-state index contributed by atoms with van der Waals surface area (Å²) in [4.78, 5) is 15.9. The second-order valence-corrected chi connectivity index (χ2v) is 1.83. The molecule has 4 nitrogen and oxygen atoms in total. The largest absolute Gasteiger partial charge is 0.389 e. The summed E-state index contributed by atoms with van der Waals surface area (Å²) in [5, 5.41) is 8.82. The minimum absolute atomic E-state index is 0.282. The number of carbonyl (C=O) groups is 1. The summed E-state index contributed by atoms with van der Waals surface area (Å²) in [6.45, 7) is 0.670. The van der Waals surface area contributed by atoms with E-state index in [-0.39, 0.29) is 6.61 Å². The number of β-amino-alcohol motifs (C(OH)–C–C–N with tert-alkyl or cyclic N) is 1. The molecule has 49 valence electrons. The molecule has 1 fully saturated rings. The molecule has 0 unspecified atom stereocenters. The lowest BCUT2D eigenvalue weighted by Crippen LogP contribution is -2.26. The lowest BCUT2D eigenvalue weighted by molar-refractivity contribution is -0.0331. The summed E-state index contributed by atoms with van der Waals surface area (Å²) >= 11 is 0. The molecule has 0 aliphatic carbocycles. The van der Waals surface area contributed by atoms with E-state index >= 15 is 0 Å². The van der Waals surface area contributed by atoms with Crippen molar-refractivity contribution in [3.63, 3.8) is 0 Å². The van der Waals surface area contributed by atoms with E-state index in [0.29, 0.717) is 12.7 Å². The Morgan fingerprint density at radius 3 is 3.11 bits per heavy atom. The lowest BCUT2D eigenvalue weighted by Gasteiger charge is -2.05. The van der Waals surface area contributed by atoms with Crippen molar-refractivity contribution >= 4 is 13.6 Å². The molecule has 1 N–H and O–H groups in total. The van der Waals surface area contributed by atoms with Crippen molar-refractivity contribution in [3.05, 3.63) is 0 Å². The van der Waals surface area contributed by atoms with Crippen LogP contribution in [-0.4, -0.2) is 42.9 Å². The zero-order valence-corrected chi connectivity index (χ0v) is 4.86. The van der Waals surface area contributed by atoms with E-state index in [1.54, 1.807) is 0 Å². The van der Waals surface area contributed by atoms with Gasteiger partial charge >= 0.3 is 7.41 Å². The van der Waals surface area contributed by atoms with Gasteiger partial charge in [0.2, 0.25) is 0 Å². The van der Waals surface area contributed by atoms with Crippen molar-refractivity contribution in [3.8, 4) is 0 Å². The van der Waals surface area contributed by atoms with Crippen LogP contribution in [0.4, 0.5) is 0 Å². The molecule has 1 radical (unpaired) electrons. The summed E-state index contributed by atoms with van der Waals surface area (Å²) in [6, 6.07) is 0. The first-order chi connectivity index (χ1) is 4.33. The van der Waals surface area contributed by atoms with E-state index in [2.05, 4.69) is 0 Å². The van der Waals surface area contributed by atoms with Gasteiger partial charge in [0.05, 0.1) is 18.9 Å². The molecule has 1 aliphatic heterocycles. The van der Waals surface area contributed by atoms with Crippen LogP contribution in [0.25, 0.3) is 0 Å². The van der Waals surface area contributed by atoms with Crippen LogP contribution in [-0.2, 0) is 9.63 Å². The fraction of sp³-hybridized carbons (Fsp3) is 0.750. The molecule has 9 heavy (non-hydrogen) atoms. The van der Waals surface area contributed by atoms with E-state index in [1.165, 1.54) is 12.4 Å². The molecule has 0 saturated carbocycles. The second-order valence-electron chi connectivity index (χ2n) is 1.83. The summed E-state index contributed by atoms with van der Waals surface area (Å²) in [6.07, 6.45) is 0.166.